The lowest BCUT2D eigenvalue weighted by atomic mass is 9.95. The summed E-state index contributed by atoms with van der Waals surface area (Å²) in [6, 6.07) is 5.42. The minimum Gasteiger partial charge on any atom is -0.490 e. The van der Waals surface area contributed by atoms with Gasteiger partial charge in [-0.1, -0.05) is 6.07 Å². The van der Waals surface area contributed by atoms with Crippen molar-refractivity contribution in [3.05, 3.63) is 23.8 Å². The van der Waals surface area contributed by atoms with Crippen molar-refractivity contribution in [1.29, 1.82) is 0 Å². The van der Waals surface area contributed by atoms with Gasteiger partial charge in [-0.25, -0.2) is 0 Å². The fourth-order valence-corrected chi connectivity index (χ4v) is 1.12. The molecule has 3 N–H and O–H groups in total. The summed E-state index contributed by atoms with van der Waals surface area (Å²) < 4.78 is 5.41. The number of ether oxygens (including phenoxy) is 1. The van der Waals surface area contributed by atoms with Crippen LogP contribution in [-0.4, -0.2) is 17.7 Å². The van der Waals surface area contributed by atoms with Crippen LogP contribution in [0, 0.1) is 12.3 Å². The fourth-order valence-electron chi connectivity index (χ4n) is 1.12. The van der Waals surface area contributed by atoms with Crippen LogP contribution in [-0.2, 0) is 4.79 Å². The zero-order chi connectivity index (χ0) is 12.3. The van der Waals surface area contributed by atoms with Gasteiger partial charge in [-0.2, -0.15) is 0 Å². The topological polar surface area (TPSA) is 72.5 Å². The van der Waals surface area contributed by atoms with E-state index in [1.54, 1.807) is 26.0 Å². The average Bonchev–Trinajstić information content (AvgIpc) is 2.16. The maximum Gasteiger partial charge on any atom is 0.312 e. The number of hydrogen-bond acceptors (Lipinski definition) is 3. The Labute approximate surface area is 95.0 Å². The molecule has 0 aromatic heterocycles. The van der Waals surface area contributed by atoms with E-state index in [4.69, 9.17) is 15.6 Å². The highest BCUT2D eigenvalue weighted by molar-refractivity contribution is 5.73. The predicted octanol–water partition coefficient (Wildman–Crippen LogP) is 2.07. The molecule has 0 amide bonds. The number of carboxylic acid groups (broad SMARTS) is 1. The number of hydrogen-bond donors (Lipinski definition) is 2. The zero-order valence-corrected chi connectivity index (χ0v) is 9.78. The summed E-state index contributed by atoms with van der Waals surface area (Å²) in [6.07, 6.45) is 0. The van der Waals surface area contributed by atoms with Crippen LogP contribution in [0.25, 0.3) is 0 Å². The van der Waals surface area contributed by atoms with Crippen molar-refractivity contribution in [2.45, 2.75) is 20.8 Å². The van der Waals surface area contributed by atoms with Gasteiger partial charge in [0.05, 0.1) is 11.1 Å². The van der Waals surface area contributed by atoms with Gasteiger partial charge in [0.1, 0.15) is 12.4 Å². The molecule has 88 valence electrons. The Morgan fingerprint density at radius 1 is 1.50 bits per heavy atom. The third-order valence-corrected chi connectivity index (χ3v) is 2.33. The van der Waals surface area contributed by atoms with E-state index in [1.807, 2.05) is 13.0 Å². The second-order valence-corrected chi connectivity index (χ2v) is 4.52. The van der Waals surface area contributed by atoms with E-state index in [-0.39, 0.29) is 6.61 Å². The highest BCUT2D eigenvalue weighted by atomic mass is 16.5. The zero-order valence-electron chi connectivity index (χ0n) is 9.78. The number of carboxylic acids is 1. The van der Waals surface area contributed by atoms with E-state index in [9.17, 15) is 4.79 Å². The Kier molecular flexibility index (Phi) is 3.42. The van der Waals surface area contributed by atoms with E-state index in [1.165, 1.54) is 0 Å². The monoisotopic (exact) mass is 223 g/mol. The van der Waals surface area contributed by atoms with Crippen molar-refractivity contribution in [3.8, 4) is 5.75 Å². The van der Waals surface area contributed by atoms with Gasteiger partial charge in [-0.15, -0.1) is 0 Å². The summed E-state index contributed by atoms with van der Waals surface area (Å²) in [6.45, 7) is 5.25. The molecule has 0 saturated carbocycles. The Bertz CT molecular complexity index is 399. The van der Waals surface area contributed by atoms with Crippen molar-refractivity contribution >= 4 is 11.7 Å². The molecular formula is C12H17NO3. The van der Waals surface area contributed by atoms with Crippen LogP contribution in [0.2, 0.25) is 0 Å². The molecule has 0 aliphatic carbocycles. The second-order valence-electron chi connectivity index (χ2n) is 4.52. The minimum absolute atomic E-state index is 0.0929. The smallest absolute Gasteiger partial charge is 0.312 e. The summed E-state index contributed by atoms with van der Waals surface area (Å²) in [7, 11) is 0. The van der Waals surface area contributed by atoms with E-state index in [0.29, 0.717) is 11.4 Å². The van der Waals surface area contributed by atoms with Gasteiger partial charge in [0.25, 0.3) is 0 Å². The molecule has 0 heterocycles. The molecule has 0 spiro atoms. The lowest BCUT2D eigenvalue weighted by Crippen LogP contribution is -2.30. The summed E-state index contributed by atoms with van der Waals surface area (Å²) >= 11 is 0. The number of benzene rings is 1. The predicted molar refractivity (Wildman–Crippen MR) is 62.5 cm³/mol. The number of anilines is 1. The normalized spacial score (nSPS) is 11.2. The molecule has 1 aromatic rings. The molecular weight excluding hydrogens is 206 g/mol. The standard InChI is InChI=1S/C12H17NO3/c1-8-4-5-10(9(13)6-8)16-7-12(2,3)11(14)15/h4-6H,7,13H2,1-3H3,(H,14,15). The molecule has 0 aliphatic rings. The molecule has 0 atom stereocenters. The SMILES string of the molecule is Cc1ccc(OCC(C)(C)C(=O)O)c(N)c1. The van der Waals surface area contributed by atoms with Gasteiger partial charge in [0, 0.05) is 0 Å². The van der Waals surface area contributed by atoms with Crippen LogP contribution >= 0.6 is 0 Å². The third-order valence-electron chi connectivity index (χ3n) is 2.33. The van der Waals surface area contributed by atoms with Crippen molar-refractivity contribution in [2.75, 3.05) is 12.3 Å². The van der Waals surface area contributed by atoms with Gasteiger partial charge in [-0.3, -0.25) is 4.79 Å². The molecule has 0 unspecified atom stereocenters. The van der Waals surface area contributed by atoms with E-state index < -0.39 is 11.4 Å². The molecule has 4 nitrogen and oxygen atoms in total. The van der Waals surface area contributed by atoms with Crippen molar-refractivity contribution in [2.24, 2.45) is 5.41 Å². The molecule has 4 heteroatoms. The first-order valence-corrected chi connectivity index (χ1v) is 5.05. The number of aryl methyl sites for hydroxylation is 1. The average molecular weight is 223 g/mol. The highest BCUT2D eigenvalue weighted by Gasteiger charge is 2.28. The highest BCUT2D eigenvalue weighted by Crippen LogP contribution is 2.25. The van der Waals surface area contributed by atoms with Gasteiger partial charge in [0.2, 0.25) is 0 Å². The molecule has 0 bridgehead atoms. The molecule has 0 fully saturated rings. The number of aliphatic carboxylic acids is 1. The summed E-state index contributed by atoms with van der Waals surface area (Å²) in [5.41, 5.74) is 6.41. The lowest BCUT2D eigenvalue weighted by Gasteiger charge is -2.20. The first-order valence-electron chi connectivity index (χ1n) is 5.05. The van der Waals surface area contributed by atoms with Crippen LogP contribution in [0.5, 0.6) is 5.75 Å². The van der Waals surface area contributed by atoms with Gasteiger partial charge in [0.15, 0.2) is 0 Å². The Balaban J connectivity index is 2.72. The summed E-state index contributed by atoms with van der Waals surface area (Å²) in [4.78, 5) is 10.9. The summed E-state index contributed by atoms with van der Waals surface area (Å²) in [5, 5.41) is 8.92. The third kappa shape index (κ3) is 2.89. The van der Waals surface area contributed by atoms with Crippen molar-refractivity contribution in [3.63, 3.8) is 0 Å². The molecule has 0 saturated heterocycles. The van der Waals surface area contributed by atoms with Gasteiger partial charge < -0.3 is 15.6 Å². The maximum absolute atomic E-state index is 10.9. The second kappa shape index (κ2) is 4.43. The first-order chi connectivity index (χ1) is 7.33. The minimum atomic E-state index is -0.919. The van der Waals surface area contributed by atoms with Gasteiger partial charge >= 0.3 is 5.97 Å². The van der Waals surface area contributed by atoms with Crippen molar-refractivity contribution in [1.82, 2.24) is 0 Å². The van der Waals surface area contributed by atoms with Crippen LogP contribution in [0.4, 0.5) is 5.69 Å². The Hall–Kier alpha value is -1.71. The number of rotatable bonds is 4. The molecule has 0 radical (unpaired) electrons. The number of nitrogen functional groups attached to an aromatic ring is 1. The maximum atomic E-state index is 10.9. The Morgan fingerprint density at radius 2 is 2.12 bits per heavy atom. The Morgan fingerprint density at radius 3 is 2.62 bits per heavy atom. The number of nitrogens with two attached hydrogens (primary N) is 1. The largest absolute Gasteiger partial charge is 0.490 e. The van der Waals surface area contributed by atoms with Crippen molar-refractivity contribution < 1.29 is 14.6 Å². The fraction of sp³-hybridized carbons (Fsp3) is 0.417. The van der Waals surface area contributed by atoms with Crippen LogP contribution in [0.1, 0.15) is 19.4 Å². The quantitative estimate of drug-likeness (QED) is 0.766. The van der Waals surface area contributed by atoms with Crippen LogP contribution in [0.3, 0.4) is 0 Å². The molecule has 1 aromatic carbocycles. The first kappa shape index (κ1) is 12.4. The van der Waals surface area contributed by atoms with E-state index >= 15 is 0 Å². The summed E-state index contributed by atoms with van der Waals surface area (Å²) in [5.74, 6) is -0.363. The molecule has 0 aliphatic heterocycles. The van der Waals surface area contributed by atoms with Crippen LogP contribution < -0.4 is 10.5 Å². The van der Waals surface area contributed by atoms with E-state index in [2.05, 4.69) is 0 Å². The van der Waals surface area contributed by atoms with Crippen LogP contribution in [0.15, 0.2) is 18.2 Å². The van der Waals surface area contributed by atoms with Gasteiger partial charge in [-0.05, 0) is 38.5 Å². The van der Waals surface area contributed by atoms with E-state index in [0.717, 1.165) is 5.56 Å². The molecule has 16 heavy (non-hydrogen) atoms. The number of carbonyl (C=O) groups is 1. The lowest BCUT2D eigenvalue weighted by molar-refractivity contribution is -0.148. The molecule has 1 rings (SSSR count).